The predicted octanol–water partition coefficient (Wildman–Crippen LogP) is 5.09. The van der Waals surface area contributed by atoms with Crippen molar-refractivity contribution in [1.82, 2.24) is 4.90 Å². The molecule has 30 heavy (non-hydrogen) atoms. The molecule has 0 bridgehead atoms. The third-order valence-corrected chi connectivity index (χ3v) is 6.70. The molecule has 4 nitrogen and oxygen atoms in total. The molecular weight excluding hydrogens is 370 g/mol. The summed E-state index contributed by atoms with van der Waals surface area (Å²) in [6.07, 6.45) is 9.12. The van der Waals surface area contributed by atoms with Crippen LogP contribution in [0.3, 0.4) is 0 Å². The Morgan fingerprint density at radius 1 is 1.03 bits per heavy atom. The largest absolute Gasteiger partial charge is 0.378 e. The first-order valence-corrected chi connectivity index (χ1v) is 11.3. The van der Waals surface area contributed by atoms with Gasteiger partial charge in [0.05, 0.1) is 6.04 Å². The molecule has 3 atom stereocenters. The van der Waals surface area contributed by atoms with E-state index in [0.29, 0.717) is 12.0 Å². The average molecular weight is 405 g/mol. The summed E-state index contributed by atoms with van der Waals surface area (Å²) in [5, 5.41) is 3.20. The summed E-state index contributed by atoms with van der Waals surface area (Å²) in [6, 6.07) is 19.4. The van der Waals surface area contributed by atoms with Crippen molar-refractivity contribution in [2.24, 2.45) is 0 Å². The zero-order valence-corrected chi connectivity index (χ0v) is 18.3. The van der Waals surface area contributed by atoms with Gasteiger partial charge in [-0.15, -0.1) is 0 Å². The van der Waals surface area contributed by atoms with Crippen LogP contribution >= 0.6 is 0 Å². The predicted molar refractivity (Wildman–Crippen MR) is 125 cm³/mol. The quantitative estimate of drug-likeness (QED) is 0.754. The number of rotatable bonds is 5. The highest BCUT2D eigenvalue weighted by molar-refractivity contribution is 5.95. The average Bonchev–Trinajstić information content (AvgIpc) is 2.80. The second-order valence-corrected chi connectivity index (χ2v) is 8.87. The summed E-state index contributed by atoms with van der Waals surface area (Å²) in [5.74, 6) is 0.643. The highest BCUT2D eigenvalue weighted by Crippen LogP contribution is 2.38. The van der Waals surface area contributed by atoms with Gasteiger partial charge in [-0.25, -0.2) is 0 Å². The van der Waals surface area contributed by atoms with Crippen molar-refractivity contribution in [3.05, 3.63) is 66.6 Å². The van der Waals surface area contributed by atoms with Crippen molar-refractivity contribution in [2.45, 2.75) is 56.5 Å². The molecule has 1 saturated carbocycles. The number of amides is 1. The Labute approximate surface area is 181 Å². The van der Waals surface area contributed by atoms with E-state index in [1.807, 2.05) is 32.3 Å². The highest BCUT2D eigenvalue weighted by atomic mass is 16.2. The smallest absolute Gasteiger partial charge is 0.241 e. The molecule has 1 N–H and O–H groups in total. The van der Waals surface area contributed by atoms with E-state index >= 15 is 0 Å². The van der Waals surface area contributed by atoms with Crippen LogP contribution in [0.25, 0.3) is 0 Å². The van der Waals surface area contributed by atoms with Gasteiger partial charge in [-0.05, 0) is 68.3 Å². The molecule has 4 heteroatoms. The molecular formula is C26H34N3O. The standard InChI is InChI=1S/C26H34N3O/c1-28(2)22-14-10-13-21(19-22)27-26(30)25-17-8-9-18-29(25)24-16-7-6-15-23(24)20-11-4-3-5-12-20/h3-5,8,10-14,19,23-25H,6-7,9,15-18H2,1-2H3,(H,27,30)/t23-,24-,25?/m1/s1. The van der Waals surface area contributed by atoms with Crippen molar-refractivity contribution in [2.75, 3.05) is 30.9 Å². The minimum absolute atomic E-state index is 0.0870. The maximum Gasteiger partial charge on any atom is 0.241 e. The SMILES string of the molecule is CN(C)c1cccc(NC(=O)C2C[CH]CCN2[C@@H]2CCCC[C@@H]2c2ccccc2)c1. The van der Waals surface area contributed by atoms with E-state index in [1.165, 1.54) is 31.2 Å². The first kappa shape index (κ1) is 20.9. The summed E-state index contributed by atoms with van der Waals surface area (Å²) < 4.78 is 0. The van der Waals surface area contributed by atoms with Gasteiger partial charge >= 0.3 is 0 Å². The van der Waals surface area contributed by atoms with Gasteiger partial charge < -0.3 is 10.2 Å². The van der Waals surface area contributed by atoms with Crippen LogP contribution in [0.2, 0.25) is 0 Å². The number of likely N-dealkylation sites (tertiary alicyclic amines) is 1. The van der Waals surface area contributed by atoms with E-state index in [-0.39, 0.29) is 11.9 Å². The van der Waals surface area contributed by atoms with Crippen molar-refractivity contribution in [3.63, 3.8) is 0 Å². The normalized spacial score (nSPS) is 24.9. The summed E-state index contributed by atoms with van der Waals surface area (Å²) in [7, 11) is 4.04. The topological polar surface area (TPSA) is 35.6 Å². The van der Waals surface area contributed by atoms with E-state index < -0.39 is 0 Å². The summed E-state index contributed by atoms with van der Waals surface area (Å²) in [6.45, 7) is 0.976. The number of carbonyl (C=O) groups excluding carboxylic acids is 1. The van der Waals surface area contributed by atoms with Gasteiger partial charge in [0, 0.05) is 31.5 Å². The van der Waals surface area contributed by atoms with Gasteiger partial charge in [-0.2, -0.15) is 0 Å². The maximum atomic E-state index is 13.4. The number of benzene rings is 2. The lowest BCUT2D eigenvalue weighted by molar-refractivity contribution is -0.123. The van der Waals surface area contributed by atoms with E-state index in [1.54, 1.807) is 0 Å². The molecule has 1 heterocycles. The van der Waals surface area contributed by atoms with Gasteiger partial charge in [0.15, 0.2) is 0 Å². The molecule has 0 spiro atoms. The van der Waals surface area contributed by atoms with Crippen LogP contribution in [0, 0.1) is 6.42 Å². The molecule has 2 fully saturated rings. The molecule has 4 rings (SSSR count). The van der Waals surface area contributed by atoms with Crippen molar-refractivity contribution >= 4 is 17.3 Å². The molecule has 1 radical (unpaired) electrons. The van der Waals surface area contributed by atoms with Crippen LogP contribution in [0.15, 0.2) is 54.6 Å². The van der Waals surface area contributed by atoms with E-state index in [4.69, 9.17) is 0 Å². The molecule has 1 amide bonds. The Hall–Kier alpha value is -2.33. The number of hydrogen-bond acceptors (Lipinski definition) is 3. The van der Waals surface area contributed by atoms with Crippen LogP contribution < -0.4 is 10.2 Å². The molecule has 2 aliphatic rings. The summed E-state index contributed by atoms with van der Waals surface area (Å²) >= 11 is 0. The Morgan fingerprint density at radius 2 is 1.83 bits per heavy atom. The van der Waals surface area contributed by atoms with Gasteiger partial charge in [0.25, 0.3) is 0 Å². The third kappa shape index (κ3) is 4.70. The van der Waals surface area contributed by atoms with Gasteiger partial charge in [0.1, 0.15) is 0 Å². The molecule has 2 aromatic carbocycles. The van der Waals surface area contributed by atoms with Crippen LogP contribution in [-0.2, 0) is 4.79 Å². The fourth-order valence-electron chi connectivity index (χ4n) is 5.15. The lowest BCUT2D eigenvalue weighted by Gasteiger charge is -2.45. The number of hydrogen-bond donors (Lipinski definition) is 1. The van der Waals surface area contributed by atoms with Crippen molar-refractivity contribution < 1.29 is 4.79 Å². The number of nitrogens with zero attached hydrogens (tertiary/aromatic N) is 2. The molecule has 159 valence electrons. The van der Waals surface area contributed by atoms with Gasteiger partial charge in [-0.3, -0.25) is 9.69 Å². The van der Waals surface area contributed by atoms with Crippen LogP contribution in [0.4, 0.5) is 11.4 Å². The fourth-order valence-corrected chi connectivity index (χ4v) is 5.15. The third-order valence-electron chi connectivity index (χ3n) is 6.70. The van der Waals surface area contributed by atoms with Crippen LogP contribution in [0.5, 0.6) is 0 Å². The van der Waals surface area contributed by atoms with E-state index in [0.717, 1.165) is 30.8 Å². The monoisotopic (exact) mass is 404 g/mol. The number of piperidine rings is 1. The number of carbonyl (C=O) groups is 1. The van der Waals surface area contributed by atoms with Gasteiger partial charge in [-0.1, -0.05) is 49.2 Å². The molecule has 1 aliphatic heterocycles. The number of anilines is 2. The Bertz CT molecular complexity index is 835. The summed E-state index contributed by atoms with van der Waals surface area (Å²) in [5.41, 5.74) is 3.39. The van der Waals surface area contributed by atoms with Crippen molar-refractivity contribution in [3.8, 4) is 0 Å². The second-order valence-electron chi connectivity index (χ2n) is 8.87. The lowest BCUT2D eigenvalue weighted by atomic mass is 9.78. The maximum absolute atomic E-state index is 13.4. The minimum Gasteiger partial charge on any atom is -0.378 e. The lowest BCUT2D eigenvalue weighted by Crippen LogP contribution is -2.54. The zero-order chi connectivity index (χ0) is 20.9. The molecule has 2 aromatic rings. The Morgan fingerprint density at radius 3 is 2.63 bits per heavy atom. The van der Waals surface area contributed by atoms with Crippen LogP contribution in [0.1, 0.15) is 50.0 Å². The first-order chi connectivity index (χ1) is 14.6. The Kier molecular flexibility index (Phi) is 6.73. The van der Waals surface area contributed by atoms with Gasteiger partial charge in [0.2, 0.25) is 5.91 Å². The second kappa shape index (κ2) is 9.65. The van der Waals surface area contributed by atoms with Crippen molar-refractivity contribution in [1.29, 1.82) is 0 Å². The number of nitrogens with one attached hydrogen (secondary N) is 1. The minimum atomic E-state index is -0.0870. The molecule has 0 aromatic heterocycles. The summed E-state index contributed by atoms with van der Waals surface area (Å²) in [4.78, 5) is 17.9. The first-order valence-electron chi connectivity index (χ1n) is 11.3. The zero-order valence-electron chi connectivity index (χ0n) is 18.3. The fraction of sp³-hybridized carbons (Fsp3) is 0.462. The molecule has 1 aliphatic carbocycles. The van der Waals surface area contributed by atoms with E-state index in [9.17, 15) is 4.79 Å². The molecule has 1 saturated heterocycles. The van der Waals surface area contributed by atoms with Crippen LogP contribution in [-0.4, -0.2) is 43.5 Å². The Balaban J connectivity index is 1.53. The molecule has 1 unspecified atom stereocenters. The highest BCUT2D eigenvalue weighted by Gasteiger charge is 2.38. The van der Waals surface area contributed by atoms with E-state index in [2.05, 4.69) is 57.9 Å².